The number of rotatable bonds is 4. The van der Waals surface area contributed by atoms with Crippen LogP contribution < -0.4 is 0 Å². The minimum absolute atomic E-state index is 0.447. The van der Waals surface area contributed by atoms with E-state index >= 15 is 0 Å². The number of fused-ring (bicyclic) bond motifs is 1. The molecule has 0 radical (unpaired) electrons. The van der Waals surface area contributed by atoms with E-state index in [2.05, 4.69) is 72.0 Å². The summed E-state index contributed by atoms with van der Waals surface area (Å²) in [5, 5.41) is 40.2. The first-order valence-electron chi connectivity index (χ1n) is 9.39. The third-order valence-electron chi connectivity index (χ3n) is 4.62. The molecule has 2 heterocycles. The average Bonchev–Trinajstić information content (AvgIpc) is 3.17. The van der Waals surface area contributed by atoms with Crippen molar-refractivity contribution < 1.29 is 19.9 Å². The lowest BCUT2D eigenvalue weighted by Crippen LogP contribution is -1.97. The van der Waals surface area contributed by atoms with Crippen LogP contribution in [-0.2, 0) is 0 Å². The van der Waals surface area contributed by atoms with E-state index < -0.39 is 37.6 Å². The van der Waals surface area contributed by atoms with Gasteiger partial charge in [-0.2, -0.15) is 0 Å². The van der Waals surface area contributed by atoms with Gasteiger partial charge >= 0.3 is 11.4 Å². The first kappa shape index (κ1) is 22.8. The molecule has 0 bridgehead atoms. The summed E-state index contributed by atoms with van der Waals surface area (Å²) in [5.41, 5.74) is 2.69. The molecule has 0 saturated heterocycles. The minimum atomic E-state index is -1.21. The SMILES string of the molecule is Cc1ccc(-c2cn3ccc(C)cc3n2)cc1.O=[N+]([O-])c1cc([N+](=O)[O-])c(O)c([N+](=O)[O-])c1. The Balaban J connectivity index is 0.000000186. The number of nitrogens with zero attached hydrogens (tertiary/aromatic N) is 5. The molecule has 0 spiro atoms. The number of aromatic hydroxyl groups is 1. The molecule has 2 aromatic heterocycles. The van der Waals surface area contributed by atoms with E-state index in [1.165, 1.54) is 11.1 Å². The molecule has 0 amide bonds. The highest BCUT2D eigenvalue weighted by atomic mass is 16.6. The van der Waals surface area contributed by atoms with Gasteiger partial charge in [-0.25, -0.2) is 4.98 Å². The lowest BCUT2D eigenvalue weighted by molar-refractivity contribution is -0.404. The lowest BCUT2D eigenvalue weighted by Gasteiger charge is -1.97. The van der Waals surface area contributed by atoms with Gasteiger partial charge in [-0.1, -0.05) is 29.8 Å². The van der Waals surface area contributed by atoms with E-state index in [0.717, 1.165) is 16.9 Å². The van der Waals surface area contributed by atoms with Crippen LogP contribution in [0.4, 0.5) is 17.1 Å². The molecule has 0 aliphatic rings. The number of pyridine rings is 1. The molecule has 4 aromatic rings. The Morgan fingerprint density at radius 1 is 0.818 bits per heavy atom. The maximum absolute atomic E-state index is 10.4. The molecule has 0 fully saturated rings. The molecule has 168 valence electrons. The Labute approximate surface area is 185 Å². The summed E-state index contributed by atoms with van der Waals surface area (Å²) in [4.78, 5) is 32.4. The van der Waals surface area contributed by atoms with E-state index in [-0.39, 0.29) is 0 Å². The van der Waals surface area contributed by atoms with Crippen LogP contribution in [0.2, 0.25) is 0 Å². The van der Waals surface area contributed by atoms with Gasteiger partial charge in [0.1, 0.15) is 5.65 Å². The highest BCUT2D eigenvalue weighted by Crippen LogP contribution is 2.38. The Kier molecular flexibility index (Phi) is 6.29. The fourth-order valence-electron chi connectivity index (χ4n) is 2.92. The smallest absolute Gasteiger partial charge is 0.324 e. The van der Waals surface area contributed by atoms with Crippen molar-refractivity contribution in [2.24, 2.45) is 0 Å². The number of nitro benzene ring substituents is 3. The van der Waals surface area contributed by atoms with Crippen molar-refractivity contribution in [3.05, 3.63) is 102 Å². The normalized spacial score (nSPS) is 10.4. The van der Waals surface area contributed by atoms with E-state index in [1.54, 1.807) is 0 Å². The van der Waals surface area contributed by atoms with Gasteiger partial charge in [0.2, 0.25) is 0 Å². The topological polar surface area (TPSA) is 167 Å². The van der Waals surface area contributed by atoms with E-state index in [0.29, 0.717) is 12.1 Å². The number of aromatic nitrogens is 2. The number of nitro groups is 3. The van der Waals surface area contributed by atoms with E-state index in [9.17, 15) is 30.3 Å². The molecule has 33 heavy (non-hydrogen) atoms. The third-order valence-corrected chi connectivity index (χ3v) is 4.62. The third kappa shape index (κ3) is 5.07. The summed E-state index contributed by atoms with van der Waals surface area (Å²) in [6.45, 7) is 4.18. The quantitative estimate of drug-likeness (QED) is 0.343. The molecule has 0 atom stereocenters. The number of phenolic OH excluding ortho intramolecular Hbond substituents is 1. The van der Waals surface area contributed by atoms with Crippen molar-refractivity contribution in [1.82, 2.24) is 9.38 Å². The molecule has 12 nitrogen and oxygen atoms in total. The predicted molar refractivity (Wildman–Crippen MR) is 118 cm³/mol. The van der Waals surface area contributed by atoms with Gasteiger partial charge in [0, 0.05) is 18.0 Å². The summed E-state index contributed by atoms with van der Waals surface area (Å²) < 4.78 is 2.06. The predicted octanol–water partition coefficient (Wildman–Crippen LogP) is 4.73. The van der Waals surface area contributed by atoms with Gasteiger partial charge in [-0.05, 0) is 31.5 Å². The molecular weight excluding hydrogens is 434 g/mol. The number of benzene rings is 2. The van der Waals surface area contributed by atoms with Gasteiger partial charge in [0.25, 0.3) is 11.4 Å². The molecule has 1 N–H and O–H groups in total. The number of hydrogen-bond acceptors (Lipinski definition) is 8. The van der Waals surface area contributed by atoms with Gasteiger partial charge in [0.05, 0.1) is 32.6 Å². The highest BCUT2D eigenvalue weighted by molar-refractivity contribution is 5.65. The summed E-state index contributed by atoms with van der Waals surface area (Å²) in [5.74, 6) is -1.21. The second kappa shape index (κ2) is 9.09. The largest absolute Gasteiger partial charge is 0.497 e. The zero-order valence-corrected chi connectivity index (χ0v) is 17.4. The summed E-state index contributed by atoms with van der Waals surface area (Å²) in [6, 6.07) is 13.5. The highest BCUT2D eigenvalue weighted by Gasteiger charge is 2.30. The molecule has 2 aromatic carbocycles. The van der Waals surface area contributed by atoms with E-state index in [4.69, 9.17) is 5.11 Å². The zero-order chi connectivity index (χ0) is 24.3. The van der Waals surface area contributed by atoms with Gasteiger partial charge in [-0.15, -0.1) is 0 Å². The molecule has 0 unspecified atom stereocenters. The van der Waals surface area contributed by atoms with Gasteiger partial charge in [-0.3, -0.25) is 30.3 Å². The summed E-state index contributed by atoms with van der Waals surface area (Å²) >= 11 is 0. The van der Waals surface area contributed by atoms with Crippen molar-refractivity contribution in [3.63, 3.8) is 0 Å². The second-order valence-corrected chi connectivity index (χ2v) is 7.07. The molecular formula is C21H17N5O7. The zero-order valence-electron chi connectivity index (χ0n) is 17.4. The first-order valence-corrected chi connectivity index (χ1v) is 9.39. The van der Waals surface area contributed by atoms with Crippen LogP contribution in [0.3, 0.4) is 0 Å². The Bertz CT molecular complexity index is 1340. The van der Waals surface area contributed by atoms with Crippen molar-refractivity contribution in [3.8, 4) is 17.0 Å². The number of hydrogen-bond donors (Lipinski definition) is 1. The second-order valence-electron chi connectivity index (χ2n) is 7.07. The van der Waals surface area contributed by atoms with Crippen LogP contribution in [0.5, 0.6) is 5.75 Å². The monoisotopic (exact) mass is 451 g/mol. The Morgan fingerprint density at radius 2 is 1.39 bits per heavy atom. The molecule has 0 saturated carbocycles. The summed E-state index contributed by atoms with van der Waals surface area (Å²) in [6.07, 6.45) is 4.12. The number of aryl methyl sites for hydroxylation is 2. The molecule has 0 aliphatic heterocycles. The Hall–Kier alpha value is -4.87. The molecule has 12 heteroatoms. The minimum Gasteiger partial charge on any atom is -0.497 e. The fraction of sp³-hybridized carbons (Fsp3) is 0.0952. The number of non-ortho nitro benzene ring substituents is 1. The first-order chi connectivity index (χ1) is 15.6. The average molecular weight is 451 g/mol. The summed E-state index contributed by atoms with van der Waals surface area (Å²) in [7, 11) is 0. The van der Waals surface area contributed by atoms with Crippen LogP contribution in [0.15, 0.2) is 60.9 Å². The maximum Gasteiger partial charge on any atom is 0.324 e. The van der Waals surface area contributed by atoms with Crippen LogP contribution in [0, 0.1) is 44.2 Å². The Morgan fingerprint density at radius 3 is 1.91 bits per heavy atom. The van der Waals surface area contributed by atoms with Crippen molar-refractivity contribution in [2.45, 2.75) is 13.8 Å². The van der Waals surface area contributed by atoms with Gasteiger partial charge < -0.3 is 9.51 Å². The van der Waals surface area contributed by atoms with Gasteiger partial charge in [0.15, 0.2) is 0 Å². The standard InChI is InChI=1S/C15H14N2.C6H3N3O7/c1-11-3-5-13(6-4-11)14-10-17-8-7-12(2)9-15(17)16-14;10-6-4(8(13)14)1-3(7(11)12)2-5(6)9(15)16/h3-10H,1-2H3;1-2,10H. The maximum atomic E-state index is 10.4. The lowest BCUT2D eigenvalue weighted by atomic mass is 10.1. The van der Waals surface area contributed by atoms with E-state index in [1.807, 2.05) is 0 Å². The number of phenols is 1. The molecule has 0 aliphatic carbocycles. The van der Waals surface area contributed by atoms with Crippen LogP contribution >= 0.6 is 0 Å². The van der Waals surface area contributed by atoms with Crippen molar-refractivity contribution in [2.75, 3.05) is 0 Å². The van der Waals surface area contributed by atoms with Crippen LogP contribution in [0.1, 0.15) is 11.1 Å². The molecule has 4 rings (SSSR count). The van der Waals surface area contributed by atoms with Crippen molar-refractivity contribution >= 4 is 22.7 Å². The fourth-order valence-corrected chi connectivity index (χ4v) is 2.92. The number of imidazole rings is 1. The van der Waals surface area contributed by atoms with Crippen LogP contribution in [0.25, 0.3) is 16.9 Å². The van der Waals surface area contributed by atoms with Crippen molar-refractivity contribution in [1.29, 1.82) is 0 Å². The van der Waals surface area contributed by atoms with Crippen LogP contribution in [-0.4, -0.2) is 29.3 Å².